The van der Waals surface area contributed by atoms with Crippen molar-refractivity contribution in [3.63, 3.8) is 0 Å². The summed E-state index contributed by atoms with van der Waals surface area (Å²) in [6.07, 6.45) is -1.46. The Morgan fingerprint density at radius 1 is 1.14 bits per heavy atom. The van der Waals surface area contributed by atoms with Crippen molar-refractivity contribution in [3.05, 3.63) is 69.8 Å². The van der Waals surface area contributed by atoms with E-state index in [0.717, 1.165) is 6.07 Å². The molecular weight excluding hydrogens is 382 g/mol. The zero-order valence-corrected chi connectivity index (χ0v) is 15.7. The number of carbonyl (C=O) groups excluding carboxylic acids is 3. The summed E-state index contributed by atoms with van der Waals surface area (Å²) >= 11 is 0. The van der Waals surface area contributed by atoms with Crippen LogP contribution in [0.2, 0.25) is 0 Å². The number of nitrogens with zero attached hydrogens (tertiary/aromatic N) is 1. The Hall–Kier alpha value is -3.95. The Bertz CT molecular complexity index is 915. The smallest absolute Gasteiger partial charge is 0.343 e. The lowest BCUT2D eigenvalue weighted by atomic mass is 10.1. The van der Waals surface area contributed by atoms with Crippen molar-refractivity contribution in [1.29, 1.82) is 0 Å². The average molecular weight is 401 g/mol. The summed E-state index contributed by atoms with van der Waals surface area (Å²) in [6, 6.07) is 10.7. The normalized spacial score (nSPS) is 11.1. The van der Waals surface area contributed by atoms with Crippen LogP contribution in [0.25, 0.3) is 0 Å². The number of hydrogen-bond acceptors (Lipinski definition) is 7. The van der Waals surface area contributed by atoms with Crippen LogP contribution in [0.5, 0.6) is 5.75 Å². The maximum Gasteiger partial charge on any atom is 0.343 e. The predicted molar refractivity (Wildman–Crippen MR) is 101 cm³/mol. The Morgan fingerprint density at radius 3 is 2.41 bits per heavy atom. The van der Waals surface area contributed by atoms with E-state index in [1.54, 1.807) is 37.3 Å². The Morgan fingerprint density at radius 2 is 1.83 bits per heavy atom. The van der Waals surface area contributed by atoms with Gasteiger partial charge in [-0.3, -0.25) is 20.2 Å². The second-order valence-corrected chi connectivity index (χ2v) is 5.69. The van der Waals surface area contributed by atoms with Crippen LogP contribution in [0, 0.1) is 10.1 Å². The molecule has 0 aliphatic rings. The number of nitro groups is 1. The molecular formula is C19H19N3O7. The monoisotopic (exact) mass is 401 g/mol. The number of benzene rings is 2. The van der Waals surface area contributed by atoms with Crippen LogP contribution < -0.4 is 15.4 Å². The lowest BCUT2D eigenvalue weighted by molar-refractivity contribution is -0.384. The topological polar surface area (TPSA) is 137 Å². The molecule has 0 saturated carbocycles. The van der Waals surface area contributed by atoms with Gasteiger partial charge in [0.2, 0.25) is 6.10 Å². The van der Waals surface area contributed by atoms with Gasteiger partial charge in [-0.25, -0.2) is 9.59 Å². The molecule has 2 aromatic rings. The van der Waals surface area contributed by atoms with Gasteiger partial charge in [-0.05, 0) is 13.0 Å². The Balaban J connectivity index is 2.35. The molecule has 0 saturated heterocycles. The first-order valence-electron chi connectivity index (χ1n) is 8.54. The maximum atomic E-state index is 12.7. The molecule has 0 aliphatic heterocycles. The second-order valence-electron chi connectivity index (χ2n) is 5.69. The fourth-order valence-electron chi connectivity index (χ4n) is 2.42. The molecule has 0 bridgehead atoms. The number of rotatable bonds is 7. The highest BCUT2D eigenvalue weighted by Crippen LogP contribution is 2.27. The molecule has 0 radical (unpaired) electrons. The molecule has 0 aromatic heterocycles. The van der Waals surface area contributed by atoms with E-state index in [-0.39, 0.29) is 17.0 Å². The fraction of sp³-hybridized carbons (Fsp3) is 0.211. The van der Waals surface area contributed by atoms with Crippen LogP contribution >= 0.6 is 0 Å². The Kier molecular flexibility index (Phi) is 7.24. The van der Waals surface area contributed by atoms with Crippen molar-refractivity contribution in [3.8, 4) is 5.75 Å². The molecule has 152 valence electrons. The minimum Gasteiger partial charge on any atom is -0.496 e. The first-order chi connectivity index (χ1) is 13.9. The molecule has 0 unspecified atom stereocenters. The molecule has 1 atom stereocenters. The molecule has 10 nitrogen and oxygen atoms in total. The molecule has 2 N–H and O–H groups in total. The molecule has 0 fully saturated rings. The van der Waals surface area contributed by atoms with E-state index in [1.165, 1.54) is 19.2 Å². The lowest BCUT2D eigenvalue weighted by Gasteiger charge is -2.18. The van der Waals surface area contributed by atoms with Crippen LogP contribution in [0.4, 0.5) is 10.5 Å². The summed E-state index contributed by atoms with van der Waals surface area (Å²) in [6.45, 7) is 1.97. The molecule has 10 heteroatoms. The van der Waals surface area contributed by atoms with Gasteiger partial charge in [-0.15, -0.1) is 0 Å². The molecule has 0 heterocycles. The number of esters is 1. The summed E-state index contributed by atoms with van der Waals surface area (Å²) in [7, 11) is 1.29. The number of methoxy groups -OCH3 is 1. The fourth-order valence-corrected chi connectivity index (χ4v) is 2.42. The quantitative estimate of drug-likeness (QED) is 0.413. The van der Waals surface area contributed by atoms with Gasteiger partial charge >= 0.3 is 12.0 Å². The number of urea groups is 1. The summed E-state index contributed by atoms with van der Waals surface area (Å²) in [5.74, 6) is -1.86. The molecule has 29 heavy (non-hydrogen) atoms. The van der Waals surface area contributed by atoms with E-state index < -0.39 is 28.9 Å². The Labute approximate surface area is 166 Å². The first kappa shape index (κ1) is 21.4. The summed E-state index contributed by atoms with van der Waals surface area (Å²) < 4.78 is 10.4. The van der Waals surface area contributed by atoms with Gasteiger partial charge in [0.05, 0.1) is 12.0 Å². The van der Waals surface area contributed by atoms with Crippen LogP contribution in [-0.2, 0) is 9.53 Å². The highest BCUT2D eigenvalue weighted by molar-refractivity contribution is 6.00. The summed E-state index contributed by atoms with van der Waals surface area (Å²) in [4.78, 5) is 47.3. The van der Waals surface area contributed by atoms with Gasteiger partial charge in [0.1, 0.15) is 11.3 Å². The van der Waals surface area contributed by atoms with E-state index in [9.17, 15) is 24.5 Å². The average Bonchev–Trinajstić information content (AvgIpc) is 2.71. The van der Waals surface area contributed by atoms with Gasteiger partial charge < -0.3 is 14.8 Å². The highest BCUT2D eigenvalue weighted by Gasteiger charge is 2.29. The maximum absolute atomic E-state index is 12.7. The van der Waals surface area contributed by atoms with Crippen LogP contribution in [0.1, 0.15) is 28.9 Å². The van der Waals surface area contributed by atoms with Crippen LogP contribution in [-0.4, -0.2) is 36.5 Å². The first-order valence-corrected chi connectivity index (χ1v) is 8.54. The molecule has 0 aliphatic carbocycles. The van der Waals surface area contributed by atoms with Crippen LogP contribution in [0.3, 0.4) is 0 Å². The van der Waals surface area contributed by atoms with Crippen LogP contribution in [0.15, 0.2) is 48.5 Å². The lowest BCUT2D eigenvalue weighted by Crippen LogP contribution is -2.42. The SMILES string of the molecule is CCNC(=O)NC(=O)[C@H](OC(=O)c1cc([N+](=O)[O-])ccc1OC)c1ccccc1. The van der Waals surface area contributed by atoms with Crippen molar-refractivity contribution >= 4 is 23.6 Å². The summed E-state index contributed by atoms with van der Waals surface area (Å²) in [5.41, 5.74) is -0.263. The number of nitro benzene ring substituents is 1. The van der Waals surface area contributed by atoms with Crippen molar-refractivity contribution in [2.45, 2.75) is 13.0 Å². The third-order valence-corrected chi connectivity index (χ3v) is 3.75. The molecule has 2 aromatic carbocycles. The van der Waals surface area contributed by atoms with Gasteiger partial charge in [-0.2, -0.15) is 0 Å². The number of nitrogens with one attached hydrogen (secondary N) is 2. The minimum absolute atomic E-state index is 0.0385. The van der Waals surface area contributed by atoms with E-state index >= 15 is 0 Å². The van der Waals surface area contributed by atoms with Gasteiger partial charge in [0.25, 0.3) is 11.6 Å². The van der Waals surface area contributed by atoms with E-state index in [4.69, 9.17) is 9.47 Å². The molecule has 0 spiro atoms. The second kappa shape index (κ2) is 9.83. The van der Waals surface area contributed by atoms with Gasteiger partial charge in [0.15, 0.2) is 0 Å². The standard InChI is InChI=1S/C19H19N3O7/c1-3-20-19(25)21-17(23)16(12-7-5-4-6-8-12)29-18(24)14-11-13(22(26)27)9-10-15(14)28-2/h4-11,16H,3H2,1-2H3,(H2,20,21,23,25)/t16-/m1/s1. The summed E-state index contributed by atoms with van der Waals surface area (Å²) in [5, 5.41) is 15.5. The highest BCUT2D eigenvalue weighted by atomic mass is 16.6. The third-order valence-electron chi connectivity index (χ3n) is 3.75. The zero-order chi connectivity index (χ0) is 21.4. The third kappa shape index (κ3) is 5.51. The minimum atomic E-state index is -1.46. The van der Waals surface area contributed by atoms with Crippen molar-refractivity contribution in [2.24, 2.45) is 0 Å². The number of amides is 3. The van der Waals surface area contributed by atoms with E-state index in [1.807, 2.05) is 0 Å². The number of imide groups is 1. The number of non-ortho nitro benzene ring substituents is 1. The van der Waals surface area contributed by atoms with Crippen molar-refractivity contribution in [1.82, 2.24) is 10.6 Å². The number of ether oxygens (including phenoxy) is 2. The van der Waals surface area contributed by atoms with Crippen molar-refractivity contribution < 1.29 is 28.8 Å². The molecule has 3 amide bonds. The number of hydrogen-bond donors (Lipinski definition) is 2. The van der Waals surface area contributed by atoms with Crippen molar-refractivity contribution in [2.75, 3.05) is 13.7 Å². The van der Waals surface area contributed by atoms with Gasteiger partial charge in [-0.1, -0.05) is 30.3 Å². The zero-order valence-electron chi connectivity index (χ0n) is 15.7. The van der Waals surface area contributed by atoms with E-state index in [0.29, 0.717) is 12.1 Å². The molecule has 2 rings (SSSR count). The largest absolute Gasteiger partial charge is 0.496 e. The van der Waals surface area contributed by atoms with Gasteiger partial charge in [0, 0.05) is 24.2 Å². The predicted octanol–water partition coefficient (Wildman–Crippen LogP) is 2.35. The number of carbonyl (C=O) groups is 3. The van der Waals surface area contributed by atoms with E-state index in [2.05, 4.69) is 10.6 Å².